The summed E-state index contributed by atoms with van der Waals surface area (Å²) < 4.78 is 5.77. The minimum Gasteiger partial charge on any atom is -0.466 e. The molecule has 0 saturated heterocycles. The lowest BCUT2D eigenvalue weighted by Crippen LogP contribution is -2.12. The smallest absolute Gasteiger partial charge is 0.333 e. The number of hydrogen-bond acceptors (Lipinski definition) is 3. The van der Waals surface area contributed by atoms with Crippen LogP contribution < -0.4 is 4.90 Å². The fraction of sp³-hybridized carbons (Fsp3) is 0.357. The highest BCUT2D eigenvalue weighted by molar-refractivity contribution is 9.10. The standard InChI is InChI=1S/C14H16BrNO2/c1-9(14(17)18-3)6-10-7-11-4-5-16(2)13(11)12(15)8-10/h6-8H,4-5H2,1-3H3/b9-6+. The molecule has 1 aliphatic rings. The van der Waals surface area contributed by atoms with Crippen LogP contribution in [0.25, 0.3) is 6.08 Å². The number of carbonyl (C=O) groups is 1. The van der Waals surface area contributed by atoms with E-state index in [0.29, 0.717) is 5.57 Å². The number of anilines is 1. The second kappa shape index (κ2) is 5.14. The van der Waals surface area contributed by atoms with Crippen molar-refractivity contribution in [2.24, 2.45) is 0 Å². The topological polar surface area (TPSA) is 29.5 Å². The third kappa shape index (κ3) is 2.43. The Morgan fingerprint density at radius 2 is 2.22 bits per heavy atom. The van der Waals surface area contributed by atoms with Crippen molar-refractivity contribution in [1.82, 2.24) is 0 Å². The molecule has 0 amide bonds. The lowest BCUT2D eigenvalue weighted by atomic mass is 10.1. The summed E-state index contributed by atoms with van der Waals surface area (Å²) in [6, 6.07) is 4.17. The fourth-order valence-corrected chi connectivity index (χ4v) is 3.07. The number of methoxy groups -OCH3 is 1. The zero-order valence-electron chi connectivity index (χ0n) is 10.8. The van der Waals surface area contributed by atoms with Gasteiger partial charge in [-0.1, -0.05) is 0 Å². The lowest BCUT2D eigenvalue weighted by molar-refractivity contribution is -0.135. The number of rotatable bonds is 2. The summed E-state index contributed by atoms with van der Waals surface area (Å²) in [6.07, 6.45) is 2.90. The molecule has 1 heterocycles. The maximum Gasteiger partial charge on any atom is 0.333 e. The van der Waals surface area contributed by atoms with E-state index in [1.165, 1.54) is 18.4 Å². The van der Waals surface area contributed by atoms with E-state index >= 15 is 0 Å². The Kier molecular flexibility index (Phi) is 3.76. The minimum atomic E-state index is -0.288. The first-order valence-electron chi connectivity index (χ1n) is 5.83. The largest absolute Gasteiger partial charge is 0.466 e. The normalized spacial score (nSPS) is 14.7. The van der Waals surface area contributed by atoms with Crippen LogP contribution in [0, 0.1) is 0 Å². The van der Waals surface area contributed by atoms with E-state index in [0.717, 1.165) is 23.0 Å². The molecular weight excluding hydrogens is 294 g/mol. The first-order chi connectivity index (χ1) is 8.52. The van der Waals surface area contributed by atoms with Gasteiger partial charge in [0.15, 0.2) is 0 Å². The van der Waals surface area contributed by atoms with Crippen LogP contribution in [0.15, 0.2) is 22.2 Å². The Labute approximate surface area is 116 Å². The van der Waals surface area contributed by atoms with Gasteiger partial charge in [0.2, 0.25) is 0 Å². The van der Waals surface area contributed by atoms with Crippen molar-refractivity contribution in [2.45, 2.75) is 13.3 Å². The molecule has 1 aromatic carbocycles. The number of fused-ring (bicyclic) bond motifs is 1. The number of benzene rings is 1. The van der Waals surface area contributed by atoms with Gasteiger partial charge in [-0.2, -0.15) is 0 Å². The number of ether oxygens (including phenoxy) is 1. The molecule has 0 fully saturated rings. The van der Waals surface area contributed by atoms with Crippen molar-refractivity contribution >= 4 is 33.7 Å². The molecule has 0 unspecified atom stereocenters. The molecule has 0 atom stereocenters. The van der Waals surface area contributed by atoms with Crippen LogP contribution in [-0.2, 0) is 16.0 Å². The second-order valence-electron chi connectivity index (χ2n) is 4.50. The maximum absolute atomic E-state index is 11.4. The van der Waals surface area contributed by atoms with E-state index in [4.69, 9.17) is 4.74 Å². The van der Waals surface area contributed by atoms with Gasteiger partial charge in [-0.05, 0) is 58.6 Å². The Hall–Kier alpha value is -1.29. The summed E-state index contributed by atoms with van der Waals surface area (Å²) >= 11 is 3.60. The Morgan fingerprint density at radius 3 is 2.89 bits per heavy atom. The summed E-state index contributed by atoms with van der Waals surface area (Å²) in [5.41, 5.74) is 4.20. The van der Waals surface area contributed by atoms with Gasteiger partial charge < -0.3 is 9.64 Å². The van der Waals surface area contributed by atoms with Crippen LogP contribution in [0.2, 0.25) is 0 Å². The third-order valence-corrected chi connectivity index (χ3v) is 3.76. The number of hydrogen-bond donors (Lipinski definition) is 0. The van der Waals surface area contributed by atoms with Gasteiger partial charge in [0.25, 0.3) is 0 Å². The van der Waals surface area contributed by atoms with E-state index in [2.05, 4.69) is 33.9 Å². The fourth-order valence-electron chi connectivity index (χ4n) is 2.25. The maximum atomic E-state index is 11.4. The third-order valence-electron chi connectivity index (χ3n) is 3.15. The van der Waals surface area contributed by atoms with Crippen LogP contribution in [0.1, 0.15) is 18.1 Å². The van der Waals surface area contributed by atoms with Crippen molar-refractivity contribution in [2.75, 3.05) is 25.6 Å². The summed E-state index contributed by atoms with van der Waals surface area (Å²) in [6.45, 7) is 2.80. The number of nitrogens with zero attached hydrogens (tertiary/aromatic N) is 1. The predicted molar refractivity (Wildman–Crippen MR) is 76.8 cm³/mol. The van der Waals surface area contributed by atoms with Gasteiger partial charge in [0, 0.05) is 23.6 Å². The second-order valence-corrected chi connectivity index (χ2v) is 5.36. The van der Waals surface area contributed by atoms with E-state index in [1.54, 1.807) is 6.92 Å². The molecule has 0 saturated carbocycles. The quantitative estimate of drug-likeness (QED) is 0.621. The van der Waals surface area contributed by atoms with Crippen molar-refractivity contribution in [3.05, 3.63) is 33.3 Å². The minimum absolute atomic E-state index is 0.288. The van der Waals surface area contributed by atoms with Gasteiger partial charge in [-0.3, -0.25) is 0 Å². The molecule has 0 spiro atoms. The first-order valence-corrected chi connectivity index (χ1v) is 6.62. The van der Waals surface area contributed by atoms with Gasteiger partial charge in [0.05, 0.1) is 12.8 Å². The molecule has 1 aromatic rings. The average Bonchev–Trinajstić information content (AvgIpc) is 2.70. The van der Waals surface area contributed by atoms with Crippen molar-refractivity contribution in [3.8, 4) is 0 Å². The molecule has 3 nitrogen and oxygen atoms in total. The van der Waals surface area contributed by atoms with E-state index in [9.17, 15) is 4.79 Å². The summed E-state index contributed by atoms with van der Waals surface area (Å²) in [5.74, 6) is -0.288. The zero-order valence-corrected chi connectivity index (χ0v) is 12.4. The number of esters is 1. The van der Waals surface area contributed by atoms with Crippen LogP contribution >= 0.6 is 15.9 Å². The zero-order chi connectivity index (χ0) is 13.3. The van der Waals surface area contributed by atoms with Gasteiger partial charge in [-0.15, -0.1) is 0 Å². The van der Waals surface area contributed by atoms with Crippen LogP contribution in [0.4, 0.5) is 5.69 Å². The molecule has 4 heteroatoms. The average molecular weight is 310 g/mol. The summed E-state index contributed by atoms with van der Waals surface area (Å²) in [4.78, 5) is 13.6. The summed E-state index contributed by atoms with van der Waals surface area (Å²) in [7, 11) is 3.49. The SMILES string of the molecule is COC(=O)/C(C)=C/c1cc(Br)c2c(c1)CCN2C. The molecule has 0 N–H and O–H groups in total. The highest BCUT2D eigenvalue weighted by atomic mass is 79.9. The van der Waals surface area contributed by atoms with Gasteiger partial charge in [0.1, 0.15) is 0 Å². The highest BCUT2D eigenvalue weighted by Gasteiger charge is 2.19. The highest BCUT2D eigenvalue weighted by Crippen LogP contribution is 2.36. The molecule has 1 aliphatic heterocycles. The number of carbonyl (C=O) groups excluding carboxylic acids is 1. The Balaban J connectivity index is 2.38. The Bertz CT molecular complexity index is 523. The van der Waals surface area contributed by atoms with Gasteiger partial charge >= 0.3 is 5.97 Å². The molecule has 0 aliphatic carbocycles. The monoisotopic (exact) mass is 309 g/mol. The predicted octanol–water partition coefficient (Wildman–Crippen LogP) is 3.02. The van der Waals surface area contributed by atoms with Gasteiger partial charge in [-0.25, -0.2) is 4.79 Å². The van der Waals surface area contributed by atoms with Crippen molar-refractivity contribution in [3.63, 3.8) is 0 Å². The lowest BCUT2D eigenvalue weighted by Gasteiger charge is -2.14. The Morgan fingerprint density at radius 1 is 1.50 bits per heavy atom. The van der Waals surface area contributed by atoms with E-state index in [1.807, 2.05) is 12.1 Å². The molecule has 0 aromatic heterocycles. The van der Waals surface area contributed by atoms with Crippen LogP contribution in [0.5, 0.6) is 0 Å². The van der Waals surface area contributed by atoms with E-state index < -0.39 is 0 Å². The number of likely N-dealkylation sites (N-methyl/N-ethyl adjacent to an activating group) is 1. The molecule has 2 rings (SSSR count). The molecule has 0 bridgehead atoms. The van der Waals surface area contributed by atoms with E-state index in [-0.39, 0.29) is 5.97 Å². The first kappa shape index (κ1) is 13.1. The molecule has 18 heavy (non-hydrogen) atoms. The number of halogens is 1. The summed E-state index contributed by atoms with van der Waals surface area (Å²) in [5, 5.41) is 0. The molecule has 0 radical (unpaired) electrons. The van der Waals surface area contributed by atoms with Crippen LogP contribution in [0.3, 0.4) is 0 Å². The van der Waals surface area contributed by atoms with Crippen molar-refractivity contribution < 1.29 is 9.53 Å². The van der Waals surface area contributed by atoms with Crippen molar-refractivity contribution in [1.29, 1.82) is 0 Å². The molecule has 96 valence electrons. The molecular formula is C14H16BrNO2. The van der Waals surface area contributed by atoms with Crippen LogP contribution in [-0.4, -0.2) is 26.7 Å².